The molecular formula is C9H22N2O. The lowest BCUT2D eigenvalue weighted by Crippen LogP contribution is -2.40. The molecule has 74 valence electrons. The van der Waals surface area contributed by atoms with Crippen LogP contribution in [-0.4, -0.2) is 30.3 Å². The molecule has 0 radical (unpaired) electrons. The summed E-state index contributed by atoms with van der Waals surface area (Å²) in [5, 5.41) is 12.7. The van der Waals surface area contributed by atoms with Crippen molar-refractivity contribution >= 4 is 0 Å². The van der Waals surface area contributed by atoms with Crippen LogP contribution in [0.1, 0.15) is 27.7 Å². The molecule has 4 N–H and O–H groups in total. The van der Waals surface area contributed by atoms with E-state index in [9.17, 15) is 5.11 Å². The maximum Gasteiger partial charge on any atom is 0.0712 e. The molecule has 0 aliphatic heterocycles. The molecular weight excluding hydrogens is 152 g/mol. The van der Waals surface area contributed by atoms with E-state index in [-0.39, 0.29) is 17.6 Å². The molecule has 3 nitrogen and oxygen atoms in total. The van der Waals surface area contributed by atoms with Gasteiger partial charge in [-0.2, -0.15) is 0 Å². The molecule has 0 aliphatic carbocycles. The lowest BCUT2D eigenvalue weighted by atomic mass is 9.89. The van der Waals surface area contributed by atoms with Crippen LogP contribution in [-0.2, 0) is 0 Å². The van der Waals surface area contributed by atoms with E-state index in [1.165, 1.54) is 0 Å². The van der Waals surface area contributed by atoms with E-state index in [2.05, 4.69) is 5.32 Å². The summed E-state index contributed by atoms with van der Waals surface area (Å²) in [6.45, 7) is 9.37. The standard InChI is InChI=1S/C9H22N2O/c1-7(10)5-11-6-8(12)9(2,3)4/h7-8,11-12H,5-6,10H2,1-4H3. The Morgan fingerprint density at radius 2 is 1.83 bits per heavy atom. The number of aliphatic hydroxyl groups excluding tert-OH is 1. The average molecular weight is 174 g/mol. The van der Waals surface area contributed by atoms with Gasteiger partial charge in [0.1, 0.15) is 0 Å². The molecule has 12 heavy (non-hydrogen) atoms. The molecule has 0 saturated heterocycles. The molecule has 3 heteroatoms. The van der Waals surface area contributed by atoms with Crippen molar-refractivity contribution in [3.63, 3.8) is 0 Å². The minimum atomic E-state index is -0.309. The molecule has 0 aromatic rings. The fraction of sp³-hybridized carbons (Fsp3) is 1.00. The summed E-state index contributed by atoms with van der Waals surface area (Å²) in [4.78, 5) is 0. The normalized spacial score (nSPS) is 17.5. The molecule has 0 fully saturated rings. The number of rotatable bonds is 4. The molecule has 2 unspecified atom stereocenters. The number of nitrogens with two attached hydrogens (primary N) is 1. The number of nitrogens with one attached hydrogen (secondary N) is 1. The molecule has 0 aromatic heterocycles. The largest absolute Gasteiger partial charge is 0.391 e. The van der Waals surface area contributed by atoms with Gasteiger partial charge < -0.3 is 16.2 Å². The highest BCUT2D eigenvalue weighted by molar-refractivity contribution is 4.75. The van der Waals surface area contributed by atoms with Gasteiger partial charge in [0, 0.05) is 19.1 Å². The molecule has 0 amide bonds. The minimum absolute atomic E-state index is 0.0508. The third kappa shape index (κ3) is 5.52. The number of hydrogen-bond donors (Lipinski definition) is 3. The van der Waals surface area contributed by atoms with Gasteiger partial charge in [-0.15, -0.1) is 0 Å². The average Bonchev–Trinajstić information content (AvgIpc) is 1.84. The summed E-state index contributed by atoms with van der Waals surface area (Å²) in [7, 11) is 0. The minimum Gasteiger partial charge on any atom is -0.391 e. The van der Waals surface area contributed by atoms with E-state index >= 15 is 0 Å². The van der Waals surface area contributed by atoms with Crippen molar-refractivity contribution in [2.24, 2.45) is 11.1 Å². The summed E-state index contributed by atoms with van der Waals surface area (Å²) >= 11 is 0. The number of aliphatic hydroxyl groups is 1. The maximum absolute atomic E-state index is 9.60. The lowest BCUT2D eigenvalue weighted by molar-refractivity contribution is 0.0630. The second kappa shape index (κ2) is 4.80. The Morgan fingerprint density at radius 1 is 1.33 bits per heavy atom. The van der Waals surface area contributed by atoms with Gasteiger partial charge in [-0.05, 0) is 12.3 Å². The van der Waals surface area contributed by atoms with Crippen molar-refractivity contribution in [1.29, 1.82) is 0 Å². The van der Waals surface area contributed by atoms with Gasteiger partial charge in [-0.3, -0.25) is 0 Å². The molecule has 2 atom stereocenters. The topological polar surface area (TPSA) is 58.3 Å². The summed E-state index contributed by atoms with van der Waals surface area (Å²) in [6.07, 6.45) is -0.309. The fourth-order valence-electron chi connectivity index (χ4n) is 0.754. The van der Waals surface area contributed by atoms with Crippen LogP contribution in [0.5, 0.6) is 0 Å². The van der Waals surface area contributed by atoms with Crippen LogP contribution in [0.3, 0.4) is 0 Å². The zero-order valence-electron chi connectivity index (χ0n) is 8.59. The van der Waals surface area contributed by atoms with Crippen molar-refractivity contribution < 1.29 is 5.11 Å². The van der Waals surface area contributed by atoms with E-state index in [4.69, 9.17) is 5.73 Å². The number of hydrogen-bond acceptors (Lipinski definition) is 3. The Morgan fingerprint density at radius 3 is 2.17 bits per heavy atom. The summed E-state index contributed by atoms with van der Waals surface area (Å²) in [6, 6.07) is 0.150. The van der Waals surface area contributed by atoms with E-state index in [1.807, 2.05) is 27.7 Å². The van der Waals surface area contributed by atoms with Gasteiger partial charge >= 0.3 is 0 Å². The Kier molecular flexibility index (Phi) is 4.75. The molecule has 0 spiro atoms. The SMILES string of the molecule is CC(N)CNCC(O)C(C)(C)C. The molecule has 0 heterocycles. The second-order valence-corrected chi connectivity index (χ2v) is 4.52. The van der Waals surface area contributed by atoms with Gasteiger partial charge in [-0.25, -0.2) is 0 Å². The maximum atomic E-state index is 9.60. The highest BCUT2D eigenvalue weighted by Crippen LogP contribution is 2.17. The third-order valence-corrected chi connectivity index (χ3v) is 1.80. The van der Waals surface area contributed by atoms with E-state index < -0.39 is 0 Å². The van der Waals surface area contributed by atoms with E-state index in [0.29, 0.717) is 6.54 Å². The fourth-order valence-corrected chi connectivity index (χ4v) is 0.754. The first-order chi connectivity index (χ1) is 5.34. The molecule has 0 bridgehead atoms. The van der Waals surface area contributed by atoms with Crippen molar-refractivity contribution in [1.82, 2.24) is 5.32 Å². The van der Waals surface area contributed by atoms with Crippen LogP contribution in [0.4, 0.5) is 0 Å². The Hall–Kier alpha value is -0.120. The van der Waals surface area contributed by atoms with Crippen LogP contribution in [0, 0.1) is 5.41 Å². The van der Waals surface area contributed by atoms with E-state index in [0.717, 1.165) is 6.54 Å². The predicted octanol–water partition coefficient (Wildman–Crippen LogP) is 0.330. The summed E-state index contributed by atoms with van der Waals surface area (Å²) in [5.41, 5.74) is 5.49. The Balaban J connectivity index is 3.51. The molecule has 0 aliphatic rings. The van der Waals surface area contributed by atoms with Crippen LogP contribution in [0.2, 0.25) is 0 Å². The van der Waals surface area contributed by atoms with Gasteiger partial charge in [0.15, 0.2) is 0 Å². The monoisotopic (exact) mass is 174 g/mol. The molecule has 0 saturated carbocycles. The highest BCUT2D eigenvalue weighted by Gasteiger charge is 2.21. The van der Waals surface area contributed by atoms with Crippen molar-refractivity contribution in [3.05, 3.63) is 0 Å². The smallest absolute Gasteiger partial charge is 0.0712 e. The first kappa shape index (κ1) is 11.9. The van der Waals surface area contributed by atoms with Gasteiger partial charge in [-0.1, -0.05) is 20.8 Å². The van der Waals surface area contributed by atoms with Crippen LogP contribution in [0.15, 0.2) is 0 Å². The first-order valence-electron chi connectivity index (χ1n) is 4.48. The van der Waals surface area contributed by atoms with Crippen molar-refractivity contribution in [2.45, 2.75) is 39.8 Å². The Bertz CT molecular complexity index is 118. The van der Waals surface area contributed by atoms with Gasteiger partial charge in [0.25, 0.3) is 0 Å². The van der Waals surface area contributed by atoms with Crippen LogP contribution < -0.4 is 11.1 Å². The van der Waals surface area contributed by atoms with Crippen LogP contribution >= 0.6 is 0 Å². The zero-order valence-corrected chi connectivity index (χ0v) is 8.59. The first-order valence-corrected chi connectivity index (χ1v) is 4.48. The summed E-state index contributed by atoms with van der Waals surface area (Å²) in [5.74, 6) is 0. The lowest BCUT2D eigenvalue weighted by Gasteiger charge is -2.26. The quantitative estimate of drug-likeness (QED) is 0.575. The predicted molar refractivity (Wildman–Crippen MR) is 52.0 cm³/mol. The molecule has 0 aromatic carbocycles. The third-order valence-electron chi connectivity index (χ3n) is 1.80. The molecule has 0 rings (SSSR count). The van der Waals surface area contributed by atoms with Crippen molar-refractivity contribution in [2.75, 3.05) is 13.1 Å². The van der Waals surface area contributed by atoms with Gasteiger partial charge in [0.2, 0.25) is 0 Å². The second-order valence-electron chi connectivity index (χ2n) is 4.52. The Labute approximate surface area is 75.3 Å². The zero-order chi connectivity index (χ0) is 9.78. The van der Waals surface area contributed by atoms with E-state index in [1.54, 1.807) is 0 Å². The highest BCUT2D eigenvalue weighted by atomic mass is 16.3. The van der Waals surface area contributed by atoms with Gasteiger partial charge in [0.05, 0.1) is 6.10 Å². The van der Waals surface area contributed by atoms with Crippen LogP contribution in [0.25, 0.3) is 0 Å². The summed E-state index contributed by atoms with van der Waals surface area (Å²) < 4.78 is 0. The van der Waals surface area contributed by atoms with Crippen molar-refractivity contribution in [3.8, 4) is 0 Å².